The molecule has 2 aromatic rings. The summed E-state index contributed by atoms with van der Waals surface area (Å²) in [6.07, 6.45) is 3.05. The molecule has 5 nitrogen and oxygen atoms in total. The van der Waals surface area contributed by atoms with Crippen molar-refractivity contribution in [3.8, 4) is 0 Å². The smallest absolute Gasteiger partial charge is 0.251 e. The zero-order valence-corrected chi connectivity index (χ0v) is 16.1. The van der Waals surface area contributed by atoms with Gasteiger partial charge in [-0.05, 0) is 37.1 Å². The van der Waals surface area contributed by atoms with E-state index in [4.69, 9.17) is 0 Å². The van der Waals surface area contributed by atoms with Crippen LogP contribution in [0.3, 0.4) is 0 Å². The molecule has 1 amide bonds. The van der Waals surface area contributed by atoms with E-state index in [1.165, 1.54) is 12.1 Å². The van der Waals surface area contributed by atoms with Crippen LogP contribution in [-0.4, -0.2) is 20.9 Å². The number of unbranched alkanes of at least 4 members (excludes halogenated alkanes) is 2. The number of rotatable bonds is 9. The van der Waals surface area contributed by atoms with Crippen molar-refractivity contribution in [2.75, 3.05) is 6.54 Å². The fourth-order valence-electron chi connectivity index (χ4n) is 2.57. The van der Waals surface area contributed by atoms with Crippen molar-refractivity contribution >= 4 is 15.9 Å². The molecule has 0 aliphatic carbocycles. The van der Waals surface area contributed by atoms with Crippen LogP contribution in [-0.2, 0) is 16.6 Å². The van der Waals surface area contributed by atoms with Crippen LogP contribution < -0.4 is 10.0 Å². The van der Waals surface area contributed by atoms with Crippen molar-refractivity contribution < 1.29 is 13.2 Å². The van der Waals surface area contributed by atoms with Gasteiger partial charge in [0, 0.05) is 18.7 Å². The van der Waals surface area contributed by atoms with E-state index in [1.807, 2.05) is 31.2 Å². The number of aryl methyl sites for hydroxylation is 1. The Morgan fingerprint density at radius 2 is 1.81 bits per heavy atom. The van der Waals surface area contributed by atoms with Crippen LogP contribution in [0.1, 0.15) is 47.7 Å². The maximum absolute atomic E-state index is 12.5. The standard InChI is InChI=1S/C20H26N2O3S/c1-3-4-5-12-21-20(23)18-10-7-11-19(14-18)26(24,25)22-15-17-9-6-8-16(2)13-17/h6-11,13-14,22H,3-5,12,15H2,1-2H3,(H,21,23). The summed E-state index contributed by atoms with van der Waals surface area (Å²) in [6.45, 7) is 4.85. The summed E-state index contributed by atoms with van der Waals surface area (Å²) in [7, 11) is -3.69. The SMILES string of the molecule is CCCCCNC(=O)c1cccc(S(=O)(=O)NCc2cccc(C)c2)c1. The fraction of sp³-hybridized carbons (Fsp3) is 0.350. The van der Waals surface area contributed by atoms with Gasteiger partial charge in [0.25, 0.3) is 5.91 Å². The first kappa shape index (κ1) is 20.1. The Morgan fingerprint density at radius 1 is 1.04 bits per heavy atom. The lowest BCUT2D eigenvalue weighted by Gasteiger charge is -2.09. The number of carbonyl (C=O) groups excluding carboxylic acids is 1. The molecule has 0 unspecified atom stereocenters. The summed E-state index contributed by atoms with van der Waals surface area (Å²) in [4.78, 5) is 12.3. The van der Waals surface area contributed by atoms with Crippen molar-refractivity contribution in [1.29, 1.82) is 0 Å². The van der Waals surface area contributed by atoms with Crippen molar-refractivity contribution in [3.05, 3.63) is 65.2 Å². The van der Waals surface area contributed by atoms with Gasteiger partial charge in [-0.2, -0.15) is 0 Å². The first-order valence-electron chi connectivity index (χ1n) is 8.86. The van der Waals surface area contributed by atoms with Crippen LogP contribution in [0, 0.1) is 6.92 Å². The van der Waals surface area contributed by atoms with Gasteiger partial charge in [0.15, 0.2) is 0 Å². The molecule has 6 heteroatoms. The summed E-state index contributed by atoms with van der Waals surface area (Å²) in [5.41, 5.74) is 2.31. The van der Waals surface area contributed by atoms with Gasteiger partial charge in [0.2, 0.25) is 10.0 Å². The lowest BCUT2D eigenvalue weighted by atomic mass is 10.1. The predicted octanol–water partition coefficient (Wildman–Crippen LogP) is 3.39. The summed E-state index contributed by atoms with van der Waals surface area (Å²) in [5.74, 6) is -0.253. The number of hydrogen-bond acceptors (Lipinski definition) is 3. The van der Waals surface area contributed by atoms with Gasteiger partial charge in [-0.25, -0.2) is 13.1 Å². The highest BCUT2D eigenvalue weighted by molar-refractivity contribution is 7.89. The molecule has 2 N–H and O–H groups in total. The summed E-state index contributed by atoms with van der Waals surface area (Å²) >= 11 is 0. The quantitative estimate of drug-likeness (QED) is 0.661. The highest BCUT2D eigenvalue weighted by Crippen LogP contribution is 2.13. The topological polar surface area (TPSA) is 75.3 Å². The Hall–Kier alpha value is -2.18. The minimum atomic E-state index is -3.69. The largest absolute Gasteiger partial charge is 0.352 e. The van der Waals surface area contributed by atoms with Crippen LogP contribution in [0.15, 0.2) is 53.4 Å². The van der Waals surface area contributed by atoms with Crippen LogP contribution >= 0.6 is 0 Å². The van der Waals surface area contributed by atoms with E-state index >= 15 is 0 Å². The second-order valence-electron chi connectivity index (χ2n) is 6.30. The van der Waals surface area contributed by atoms with Crippen LogP contribution in [0.2, 0.25) is 0 Å². The molecule has 2 rings (SSSR count). The first-order chi connectivity index (χ1) is 12.4. The van der Waals surface area contributed by atoms with Gasteiger partial charge in [-0.15, -0.1) is 0 Å². The molecular formula is C20H26N2O3S. The maximum Gasteiger partial charge on any atom is 0.251 e. The van der Waals surface area contributed by atoms with Gasteiger partial charge >= 0.3 is 0 Å². The molecule has 0 heterocycles. The zero-order valence-electron chi connectivity index (χ0n) is 15.3. The van der Waals surface area contributed by atoms with Gasteiger partial charge < -0.3 is 5.32 Å². The molecule has 0 fully saturated rings. The number of carbonyl (C=O) groups is 1. The van der Waals surface area contributed by atoms with Crippen LogP contribution in [0.4, 0.5) is 0 Å². The molecule has 0 radical (unpaired) electrons. The molecule has 0 atom stereocenters. The lowest BCUT2D eigenvalue weighted by molar-refractivity contribution is 0.0952. The van der Waals surface area contributed by atoms with Gasteiger partial charge in [-0.1, -0.05) is 55.7 Å². The van der Waals surface area contributed by atoms with Gasteiger partial charge in [0.1, 0.15) is 0 Å². The van der Waals surface area contributed by atoms with Crippen LogP contribution in [0.5, 0.6) is 0 Å². The predicted molar refractivity (Wildman–Crippen MR) is 104 cm³/mol. The summed E-state index contributed by atoms with van der Waals surface area (Å²) in [6, 6.07) is 13.8. The van der Waals surface area contributed by atoms with E-state index in [9.17, 15) is 13.2 Å². The Balaban J connectivity index is 2.03. The summed E-state index contributed by atoms with van der Waals surface area (Å²) < 4.78 is 27.6. The molecule has 0 aliphatic heterocycles. The Bertz CT molecular complexity index is 848. The van der Waals surface area contributed by atoms with Crippen molar-refractivity contribution in [1.82, 2.24) is 10.0 Å². The monoisotopic (exact) mass is 374 g/mol. The third-order valence-electron chi connectivity index (χ3n) is 4.02. The molecule has 140 valence electrons. The molecule has 0 saturated heterocycles. The molecule has 0 spiro atoms. The highest BCUT2D eigenvalue weighted by atomic mass is 32.2. The molecule has 0 aromatic heterocycles. The Labute approximate surface area is 155 Å². The molecule has 0 bridgehead atoms. The first-order valence-corrected chi connectivity index (χ1v) is 10.3. The maximum atomic E-state index is 12.5. The summed E-state index contributed by atoms with van der Waals surface area (Å²) in [5, 5.41) is 2.82. The van der Waals surface area contributed by atoms with E-state index < -0.39 is 10.0 Å². The zero-order chi connectivity index (χ0) is 19.0. The second kappa shape index (κ2) is 9.50. The average molecular weight is 375 g/mol. The normalized spacial score (nSPS) is 11.3. The van der Waals surface area contributed by atoms with Crippen molar-refractivity contribution in [2.24, 2.45) is 0 Å². The second-order valence-corrected chi connectivity index (χ2v) is 8.07. The van der Waals surface area contributed by atoms with E-state index in [1.54, 1.807) is 12.1 Å². The minimum Gasteiger partial charge on any atom is -0.352 e. The van der Waals surface area contributed by atoms with Crippen molar-refractivity contribution in [3.63, 3.8) is 0 Å². The average Bonchev–Trinajstić information content (AvgIpc) is 2.64. The highest BCUT2D eigenvalue weighted by Gasteiger charge is 2.16. The minimum absolute atomic E-state index is 0.0892. The number of nitrogens with one attached hydrogen (secondary N) is 2. The fourth-order valence-corrected chi connectivity index (χ4v) is 3.63. The Morgan fingerprint density at radius 3 is 2.54 bits per heavy atom. The third-order valence-corrected chi connectivity index (χ3v) is 5.42. The number of amides is 1. The van der Waals surface area contributed by atoms with Gasteiger partial charge in [-0.3, -0.25) is 4.79 Å². The third kappa shape index (κ3) is 5.97. The molecule has 0 saturated carbocycles. The molecule has 2 aromatic carbocycles. The van der Waals surface area contributed by atoms with E-state index in [0.717, 1.165) is 30.4 Å². The van der Waals surface area contributed by atoms with Gasteiger partial charge in [0.05, 0.1) is 4.90 Å². The number of sulfonamides is 1. The van der Waals surface area contributed by atoms with E-state index in [0.29, 0.717) is 12.1 Å². The number of benzene rings is 2. The Kier molecular flexibility index (Phi) is 7.36. The molecule has 0 aliphatic rings. The molecular weight excluding hydrogens is 348 g/mol. The number of hydrogen-bond donors (Lipinski definition) is 2. The van der Waals surface area contributed by atoms with Crippen molar-refractivity contribution in [2.45, 2.75) is 44.6 Å². The lowest BCUT2D eigenvalue weighted by Crippen LogP contribution is -2.26. The van der Waals surface area contributed by atoms with E-state index in [2.05, 4.69) is 17.0 Å². The van der Waals surface area contributed by atoms with Crippen LogP contribution in [0.25, 0.3) is 0 Å². The molecule has 26 heavy (non-hydrogen) atoms. The van der Waals surface area contributed by atoms with E-state index in [-0.39, 0.29) is 17.3 Å².